The first-order chi connectivity index (χ1) is 11.1. The Hall–Kier alpha value is -2.34. The molecule has 2 N–H and O–H groups in total. The second-order valence-electron chi connectivity index (χ2n) is 5.35. The fourth-order valence-electron chi connectivity index (χ4n) is 2.25. The van der Waals surface area contributed by atoms with Crippen molar-refractivity contribution in [2.75, 3.05) is 11.1 Å². The third-order valence-electron chi connectivity index (χ3n) is 3.53. The molecule has 1 aliphatic heterocycles. The highest BCUT2D eigenvalue weighted by molar-refractivity contribution is 7.99. The van der Waals surface area contributed by atoms with Crippen LogP contribution in [0.1, 0.15) is 28.0 Å². The lowest BCUT2D eigenvalue weighted by molar-refractivity contribution is -0.115. The number of fused-ring (bicyclic) bond motifs is 1. The van der Waals surface area contributed by atoms with Gasteiger partial charge in [0, 0.05) is 41.1 Å². The highest BCUT2D eigenvalue weighted by Gasteiger charge is 2.15. The van der Waals surface area contributed by atoms with Gasteiger partial charge in [-0.1, -0.05) is 6.07 Å². The van der Waals surface area contributed by atoms with Crippen molar-refractivity contribution in [3.05, 3.63) is 53.3 Å². The van der Waals surface area contributed by atoms with Crippen LogP contribution in [0.5, 0.6) is 0 Å². The number of pyridine rings is 1. The van der Waals surface area contributed by atoms with Crippen molar-refractivity contribution in [3.63, 3.8) is 0 Å². The number of anilines is 1. The highest BCUT2D eigenvalue weighted by Crippen LogP contribution is 2.31. The molecular weight excluding hydrogens is 310 g/mol. The van der Waals surface area contributed by atoms with Gasteiger partial charge in [0.1, 0.15) is 0 Å². The Morgan fingerprint density at radius 1 is 1.35 bits per heavy atom. The average molecular weight is 327 g/mol. The zero-order chi connectivity index (χ0) is 16.2. The van der Waals surface area contributed by atoms with Crippen LogP contribution in [-0.2, 0) is 11.3 Å². The van der Waals surface area contributed by atoms with Crippen LogP contribution in [0.4, 0.5) is 5.69 Å². The summed E-state index contributed by atoms with van der Waals surface area (Å²) in [6, 6.07) is 9.25. The van der Waals surface area contributed by atoms with Crippen LogP contribution < -0.4 is 10.6 Å². The fraction of sp³-hybridized carbons (Fsp3) is 0.235. The topological polar surface area (TPSA) is 71.1 Å². The molecule has 0 atom stereocenters. The quantitative estimate of drug-likeness (QED) is 0.909. The van der Waals surface area contributed by atoms with Gasteiger partial charge in [-0.05, 0) is 36.8 Å². The van der Waals surface area contributed by atoms with E-state index in [9.17, 15) is 9.59 Å². The Balaban J connectivity index is 1.70. The first-order valence-corrected chi connectivity index (χ1v) is 8.37. The molecule has 2 amide bonds. The number of benzene rings is 1. The number of carbonyl (C=O) groups is 2. The second-order valence-corrected chi connectivity index (χ2v) is 6.48. The molecule has 0 radical (unpaired) electrons. The number of nitrogens with one attached hydrogen (secondary N) is 2. The average Bonchev–Trinajstić information content (AvgIpc) is 2.73. The number of hydrogen-bond acceptors (Lipinski definition) is 4. The van der Waals surface area contributed by atoms with Crippen molar-refractivity contribution in [2.45, 2.75) is 24.8 Å². The summed E-state index contributed by atoms with van der Waals surface area (Å²) in [4.78, 5) is 29.1. The number of carbonyl (C=O) groups excluding carboxylic acids is 2. The van der Waals surface area contributed by atoms with Crippen LogP contribution in [0.3, 0.4) is 0 Å². The van der Waals surface area contributed by atoms with Gasteiger partial charge in [-0.3, -0.25) is 14.6 Å². The minimum Gasteiger partial charge on any atom is -0.348 e. The normalized spacial score (nSPS) is 13.7. The predicted molar refractivity (Wildman–Crippen MR) is 90.6 cm³/mol. The maximum Gasteiger partial charge on any atom is 0.251 e. The molecule has 1 aliphatic rings. The summed E-state index contributed by atoms with van der Waals surface area (Å²) in [5.41, 5.74) is 3.13. The summed E-state index contributed by atoms with van der Waals surface area (Å²) in [6.07, 6.45) is 2.24. The number of hydrogen-bond donors (Lipinski definition) is 2. The summed E-state index contributed by atoms with van der Waals surface area (Å²) in [7, 11) is 0. The van der Waals surface area contributed by atoms with E-state index in [2.05, 4.69) is 15.6 Å². The van der Waals surface area contributed by atoms with Crippen LogP contribution >= 0.6 is 11.8 Å². The van der Waals surface area contributed by atoms with Crippen LogP contribution in [-0.4, -0.2) is 22.6 Å². The van der Waals surface area contributed by atoms with Gasteiger partial charge < -0.3 is 10.6 Å². The number of amides is 2. The monoisotopic (exact) mass is 327 g/mol. The number of thioether (sulfide) groups is 1. The summed E-state index contributed by atoms with van der Waals surface area (Å²) in [5.74, 6) is 0.571. The Morgan fingerprint density at radius 2 is 2.22 bits per heavy atom. The molecule has 0 bridgehead atoms. The van der Waals surface area contributed by atoms with E-state index in [1.807, 2.05) is 25.1 Å². The number of aromatic nitrogens is 1. The molecule has 0 unspecified atom stereocenters. The molecule has 0 saturated heterocycles. The van der Waals surface area contributed by atoms with Crippen LogP contribution in [0.25, 0.3) is 0 Å². The molecule has 0 spiro atoms. The van der Waals surface area contributed by atoms with Gasteiger partial charge in [0.05, 0.1) is 5.69 Å². The van der Waals surface area contributed by atoms with Crippen molar-refractivity contribution in [1.29, 1.82) is 0 Å². The van der Waals surface area contributed by atoms with Gasteiger partial charge in [0.2, 0.25) is 5.91 Å². The molecule has 2 heterocycles. The zero-order valence-corrected chi connectivity index (χ0v) is 13.6. The van der Waals surface area contributed by atoms with E-state index in [4.69, 9.17) is 0 Å². The van der Waals surface area contributed by atoms with E-state index in [0.29, 0.717) is 24.2 Å². The van der Waals surface area contributed by atoms with E-state index in [1.54, 1.807) is 30.1 Å². The maximum absolute atomic E-state index is 12.3. The predicted octanol–water partition coefficient (Wildman–Crippen LogP) is 2.75. The van der Waals surface area contributed by atoms with E-state index < -0.39 is 0 Å². The van der Waals surface area contributed by atoms with Crippen molar-refractivity contribution in [2.24, 2.45) is 0 Å². The van der Waals surface area contributed by atoms with Crippen molar-refractivity contribution in [3.8, 4) is 0 Å². The van der Waals surface area contributed by atoms with Crippen LogP contribution in [0.2, 0.25) is 0 Å². The minimum atomic E-state index is -0.170. The van der Waals surface area contributed by atoms with Crippen molar-refractivity contribution >= 4 is 29.3 Å². The molecule has 0 fully saturated rings. The standard InChI is InChI=1S/C17H17N3O2S/c1-11-2-3-12(9-18-11)10-19-17(22)13-4-5-15-14(8-13)20-16(21)6-7-23-15/h2-5,8-9H,6-7,10H2,1H3,(H,19,22)(H,20,21). The van der Waals surface area contributed by atoms with Crippen LogP contribution in [0, 0.1) is 6.92 Å². The smallest absolute Gasteiger partial charge is 0.251 e. The lowest BCUT2D eigenvalue weighted by Gasteiger charge is -2.10. The maximum atomic E-state index is 12.3. The van der Waals surface area contributed by atoms with Crippen LogP contribution in [0.15, 0.2) is 41.4 Å². The van der Waals surface area contributed by atoms with Gasteiger partial charge >= 0.3 is 0 Å². The molecule has 23 heavy (non-hydrogen) atoms. The van der Waals surface area contributed by atoms with Gasteiger partial charge in [0.15, 0.2) is 0 Å². The molecule has 2 aromatic rings. The minimum absolute atomic E-state index is 0.0143. The Bertz CT molecular complexity index is 744. The molecule has 0 saturated carbocycles. The summed E-state index contributed by atoms with van der Waals surface area (Å²) >= 11 is 1.62. The van der Waals surface area contributed by atoms with Crippen molar-refractivity contribution in [1.82, 2.24) is 10.3 Å². The highest BCUT2D eigenvalue weighted by atomic mass is 32.2. The lowest BCUT2D eigenvalue weighted by atomic mass is 10.1. The van der Waals surface area contributed by atoms with E-state index in [1.165, 1.54) is 0 Å². The number of nitrogens with zero attached hydrogens (tertiary/aromatic N) is 1. The summed E-state index contributed by atoms with van der Waals surface area (Å²) in [6.45, 7) is 2.34. The van der Waals surface area contributed by atoms with Crippen molar-refractivity contribution < 1.29 is 9.59 Å². The Morgan fingerprint density at radius 3 is 3.00 bits per heavy atom. The van der Waals surface area contributed by atoms with Gasteiger partial charge in [-0.2, -0.15) is 0 Å². The van der Waals surface area contributed by atoms with E-state index >= 15 is 0 Å². The van der Waals surface area contributed by atoms with E-state index in [-0.39, 0.29) is 11.8 Å². The van der Waals surface area contributed by atoms with Gasteiger partial charge in [0.25, 0.3) is 5.91 Å². The molecule has 0 aliphatic carbocycles. The first kappa shape index (κ1) is 15.6. The molecule has 1 aromatic carbocycles. The fourth-order valence-corrected chi connectivity index (χ4v) is 3.19. The van der Waals surface area contributed by atoms with Gasteiger partial charge in [-0.25, -0.2) is 0 Å². The summed E-state index contributed by atoms with van der Waals surface area (Å²) < 4.78 is 0. The lowest BCUT2D eigenvalue weighted by Crippen LogP contribution is -2.23. The SMILES string of the molecule is Cc1ccc(CNC(=O)c2ccc3c(c2)NC(=O)CCS3)cn1. The third-order valence-corrected chi connectivity index (χ3v) is 4.60. The molecule has 118 valence electrons. The first-order valence-electron chi connectivity index (χ1n) is 7.38. The molecule has 6 heteroatoms. The molecule has 5 nitrogen and oxygen atoms in total. The Labute approximate surface area is 138 Å². The number of aryl methyl sites for hydroxylation is 1. The van der Waals surface area contributed by atoms with Gasteiger partial charge in [-0.15, -0.1) is 11.8 Å². The van der Waals surface area contributed by atoms with E-state index in [0.717, 1.165) is 21.9 Å². The molecule has 1 aromatic heterocycles. The number of rotatable bonds is 3. The third kappa shape index (κ3) is 3.90. The zero-order valence-electron chi connectivity index (χ0n) is 12.8. The molecular formula is C17H17N3O2S. The molecule has 3 rings (SSSR count). The largest absolute Gasteiger partial charge is 0.348 e. The second kappa shape index (κ2) is 6.83. The summed E-state index contributed by atoms with van der Waals surface area (Å²) in [5, 5.41) is 5.72. The Kier molecular flexibility index (Phi) is 4.62.